The third-order valence-electron chi connectivity index (χ3n) is 10.7. The molecule has 0 aromatic heterocycles. The van der Waals surface area contributed by atoms with Crippen molar-refractivity contribution < 1.29 is 9.90 Å². The Labute approximate surface area is 230 Å². The lowest BCUT2D eigenvalue weighted by atomic mass is 9.52. The van der Waals surface area contributed by atoms with Gasteiger partial charge in [0, 0.05) is 5.57 Å². The van der Waals surface area contributed by atoms with E-state index < -0.39 is 5.97 Å². The Morgan fingerprint density at radius 3 is 0.919 bits per heavy atom. The van der Waals surface area contributed by atoms with Gasteiger partial charge < -0.3 is 5.11 Å². The van der Waals surface area contributed by atoms with Gasteiger partial charge in [-0.3, -0.25) is 0 Å². The summed E-state index contributed by atoms with van der Waals surface area (Å²) in [5.41, 5.74) is 0.728. The zero-order chi connectivity index (χ0) is 26.2. The maximum absolute atomic E-state index is 12.4. The highest BCUT2D eigenvalue weighted by Crippen LogP contribution is 2.56. The maximum Gasteiger partial charge on any atom is 0.330 e. The van der Waals surface area contributed by atoms with Crippen LogP contribution in [-0.4, -0.2) is 11.1 Å². The van der Waals surface area contributed by atoms with Crippen molar-refractivity contribution in [2.45, 2.75) is 180 Å². The van der Waals surface area contributed by atoms with Crippen LogP contribution in [0.2, 0.25) is 0 Å². The van der Waals surface area contributed by atoms with E-state index in [-0.39, 0.29) is 5.41 Å². The molecule has 0 aromatic carbocycles. The van der Waals surface area contributed by atoms with E-state index in [0.29, 0.717) is 23.3 Å². The van der Waals surface area contributed by atoms with Crippen molar-refractivity contribution in [1.82, 2.24) is 0 Å². The van der Waals surface area contributed by atoms with Crippen LogP contribution >= 0.6 is 0 Å². The highest BCUT2D eigenvalue weighted by atomic mass is 16.4. The van der Waals surface area contributed by atoms with Crippen molar-refractivity contribution in [3.63, 3.8) is 0 Å². The fourth-order valence-corrected chi connectivity index (χ4v) is 8.72. The summed E-state index contributed by atoms with van der Waals surface area (Å²) in [4.78, 5) is 12.4. The average Bonchev–Trinajstić information content (AvgIpc) is 2.91. The molecule has 37 heavy (non-hydrogen) atoms. The number of hydrogen-bond acceptors (Lipinski definition) is 1. The van der Waals surface area contributed by atoms with E-state index in [1.165, 1.54) is 173 Å². The Morgan fingerprint density at radius 1 is 0.486 bits per heavy atom. The van der Waals surface area contributed by atoms with Gasteiger partial charge in [-0.2, -0.15) is 0 Å². The van der Waals surface area contributed by atoms with Gasteiger partial charge in [0.05, 0.1) is 0 Å². The molecule has 3 fully saturated rings. The summed E-state index contributed by atoms with van der Waals surface area (Å²) >= 11 is 0. The number of carboxylic acid groups (broad SMARTS) is 1. The second kappa shape index (κ2) is 17.7. The number of carbonyl (C=O) groups is 1. The Morgan fingerprint density at radius 2 is 0.703 bits per heavy atom. The van der Waals surface area contributed by atoms with Crippen LogP contribution in [0.5, 0.6) is 0 Å². The first-order valence-electron chi connectivity index (χ1n) is 17.1. The van der Waals surface area contributed by atoms with Crippen LogP contribution in [0.3, 0.4) is 0 Å². The third kappa shape index (κ3) is 10.0. The number of hydrogen-bond donors (Lipinski definition) is 1. The van der Waals surface area contributed by atoms with E-state index >= 15 is 0 Å². The second-order valence-electron chi connectivity index (χ2n) is 13.4. The Bertz CT molecular complexity index is 555. The van der Waals surface area contributed by atoms with Gasteiger partial charge in [0.1, 0.15) is 0 Å². The van der Waals surface area contributed by atoms with E-state index in [1.807, 2.05) is 6.92 Å². The normalized spacial score (nSPS) is 25.3. The van der Waals surface area contributed by atoms with Crippen molar-refractivity contribution in [1.29, 1.82) is 0 Å². The van der Waals surface area contributed by atoms with Crippen molar-refractivity contribution in [3.8, 4) is 0 Å². The Kier molecular flexibility index (Phi) is 14.7. The summed E-state index contributed by atoms with van der Waals surface area (Å²) in [6, 6.07) is 0. The number of carboxylic acids is 1. The van der Waals surface area contributed by atoms with Crippen LogP contribution in [0.1, 0.15) is 180 Å². The highest BCUT2D eigenvalue weighted by molar-refractivity contribution is 5.86. The first kappa shape index (κ1) is 30.7. The van der Waals surface area contributed by atoms with E-state index in [4.69, 9.17) is 0 Å². The third-order valence-corrected chi connectivity index (χ3v) is 10.7. The molecular weight excluding hydrogens is 452 g/mol. The van der Waals surface area contributed by atoms with Crippen LogP contribution in [-0.2, 0) is 4.79 Å². The standard InChI is InChI=1S/C35H62O2/c1-30(34(36)37)29-35(31-23-17-11-5-2-6-12-18-24-31,32-25-19-13-7-3-8-14-20-26-32)33-27-21-15-9-4-10-16-22-28-33/h29,31-33H,2-28H2,1H3,(H,36,37). The van der Waals surface area contributed by atoms with Gasteiger partial charge in [0.2, 0.25) is 0 Å². The molecule has 0 aromatic rings. The van der Waals surface area contributed by atoms with Gasteiger partial charge in [0.15, 0.2) is 0 Å². The number of aliphatic carboxylic acids is 1. The lowest BCUT2D eigenvalue weighted by Crippen LogP contribution is -2.44. The molecule has 0 aliphatic heterocycles. The van der Waals surface area contributed by atoms with Gasteiger partial charge in [-0.25, -0.2) is 4.79 Å². The smallest absolute Gasteiger partial charge is 0.330 e. The molecule has 1 N–H and O–H groups in total. The minimum Gasteiger partial charge on any atom is -0.478 e. The van der Waals surface area contributed by atoms with Gasteiger partial charge in [-0.1, -0.05) is 141 Å². The first-order valence-corrected chi connectivity index (χ1v) is 17.1. The van der Waals surface area contributed by atoms with Crippen molar-refractivity contribution in [2.75, 3.05) is 0 Å². The molecule has 2 nitrogen and oxygen atoms in total. The Hall–Kier alpha value is -0.790. The Balaban J connectivity index is 2.07. The molecule has 0 amide bonds. The zero-order valence-electron chi connectivity index (χ0n) is 24.8. The quantitative estimate of drug-likeness (QED) is 0.370. The average molecular weight is 515 g/mol. The van der Waals surface area contributed by atoms with Gasteiger partial charge >= 0.3 is 5.97 Å². The number of rotatable bonds is 5. The lowest BCUT2D eigenvalue weighted by Gasteiger charge is -2.52. The lowest BCUT2D eigenvalue weighted by molar-refractivity contribution is -0.132. The fourth-order valence-electron chi connectivity index (χ4n) is 8.72. The predicted molar refractivity (Wildman–Crippen MR) is 159 cm³/mol. The largest absolute Gasteiger partial charge is 0.478 e. The molecule has 3 aliphatic rings. The topological polar surface area (TPSA) is 37.3 Å². The maximum atomic E-state index is 12.4. The molecule has 0 atom stereocenters. The molecule has 0 heterocycles. The monoisotopic (exact) mass is 514 g/mol. The number of allylic oxidation sites excluding steroid dienone is 1. The van der Waals surface area contributed by atoms with Gasteiger partial charge in [-0.05, 0) is 68.6 Å². The van der Waals surface area contributed by atoms with Crippen LogP contribution in [0.15, 0.2) is 11.6 Å². The van der Waals surface area contributed by atoms with Crippen LogP contribution in [0, 0.1) is 23.2 Å². The van der Waals surface area contributed by atoms with E-state index in [9.17, 15) is 9.90 Å². The van der Waals surface area contributed by atoms with Crippen molar-refractivity contribution in [3.05, 3.63) is 11.6 Å². The molecule has 3 saturated carbocycles. The van der Waals surface area contributed by atoms with Crippen LogP contribution in [0.25, 0.3) is 0 Å². The minimum atomic E-state index is -0.677. The van der Waals surface area contributed by atoms with E-state index in [1.54, 1.807) is 0 Å². The summed E-state index contributed by atoms with van der Waals surface area (Å²) in [5, 5.41) is 10.2. The summed E-state index contributed by atoms with van der Waals surface area (Å²) in [6.45, 7) is 1.93. The first-order chi connectivity index (χ1) is 18.1. The summed E-state index contributed by atoms with van der Waals surface area (Å²) < 4.78 is 0. The molecule has 0 bridgehead atoms. The zero-order valence-corrected chi connectivity index (χ0v) is 24.8. The van der Waals surface area contributed by atoms with Crippen molar-refractivity contribution >= 4 is 5.97 Å². The molecule has 214 valence electrons. The van der Waals surface area contributed by atoms with Gasteiger partial charge in [-0.15, -0.1) is 0 Å². The molecular formula is C35H62O2. The van der Waals surface area contributed by atoms with Crippen molar-refractivity contribution in [2.24, 2.45) is 23.2 Å². The SMILES string of the molecule is CC(=CC(C1CCCCCCCCC1)(C1CCCCCCCCC1)C1CCCCCCCCC1)C(=O)O. The second-order valence-corrected chi connectivity index (χ2v) is 13.4. The summed E-state index contributed by atoms with van der Waals surface area (Å²) in [7, 11) is 0. The van der Waals surface area contributed by atoms with E-state index in [0.717, 1.165) is 0 Å². The molecule has 0 spiro atoms. The van der Waals surface area contributed by atoms with Gasteiger partial charge in [0.25, 0.3) is 0 Å². The molecule has 3 rings (SSSR count). The summed E-state index contributed by atoms with van der Waals surface area (Å²) in [5.74, 6) is 1.33. The minimum absolute atomic E-state index is 0.0834. The fraction of sp³-hybridized carbons (Fsp3) is 0.914. The molecule has 0 unspecified atom stereocenters. The molecule has 3 aliphatic carbocycles. The van der Waals surface area contributed by atoms with E-state index in [2.05, 4.69) is 6.08 Å². The molecule has 2 heteroatoms. The predicted octanol–water partition coefficient (Wildman–Crippen LogP) is 11.4. The van der Waals surface area contributed by atoms with Crippen LogP contribution in [0.4, 0.5) is 0 Å². The van der Waals surface area contributed by atoms with Crippen LogP contribution < -0.4 is 0 Å². The molecule has 0 radical (unpaired) electrons. The highest BCUT2D eigenvalue weighted by Gasteiger charge is 2.48. The molecule has 0 saturated heterocycles. The summed E-state index contributed by atoms with van der Waals surface area (Å²) in [6.07, 6.45) is 39.5.